The second-order valence-corrected chi connectivity index (χ2v) is 5.52. The van der Waals surface area contributed by atoms with Crippen molar-refractivity contribution in [2.75, 3.05) is 6.54 Å². The molecule has 0 fully saturated rings. The molecule has 0 atom stereocenters. The first-order valence-corrected chi connectivity index (χ1v) is 7.76. The van der Waals surface area contributed by atoms with Crippen LogP contribution in [0.2, 0.25) is 0 Å². The summed E-state index contributed by atoms with van der Waals surface area (Å²) in [5, 5.41) is 3.47. The van der Waals surface area contributed by atoms with Gasteiger partial charge in [-0.25, -0.2) is 0 Å². The van der Waals surface area contributed by atoms with E-state index in [2.05, 4.69) is 48.6 Å². The van der Waals surface area contributed by atoms with E-state index in [1.807, 2.05) is 26.0 Å². The van der Waals surface area contributed by atoms with E-state index in [-0.39, 0.29) is 6.10 Å². The molecule has 0 radical (unpaired) electrons. The lowest BCUT2D eigenvalue weighted by Crippen LogP contribution is -2.14. The number of ether oxygens (including phenoxy) is 1. The van der Waals surface area contributed by atoms with Crippen molar-refractivity contribution < 1.29 is 4.74 Å². The van der Waals surface area contributed by atoms with E-state index in [9.17, 15) is 0 Å². The van der Waals surface area contributed by atoms with Crippen LogP contribution in [0.3, 0.4) is 0 Å². The molecule has 0 heterocycles. The highest BCUT2D eigenvalue weighted by atomic mass is 16.5. The molecule has 0 amide bonds. The van der Waals surface area contributed by atoms with Gasteiger partial charge in [0.2, 0.25) is 0 Å². The minimum atomic E-state index is 0.210. The van der Waals surface area contributed by atoms with E-state index in [1.54, 1.807) is 0 Å². The minimum Gasteiger partial charge on any atom is -0.491 e. The van der Waals surface area contributed by atoms with Crippen molar-refractivity contribution in [3.8, 4) is 16.9 Å². The molecule has 21 heavy (non-hydrogen) atoms. The third-order valence-electron chi connectivity index (χ3n) is 3.30. The van der Waals surface area contributed by atoms with Crippen LogP contribution < -0.4 is 10.1 Å². The molecule has 0 aliphatic carbocycles. The first kappa shape index (κ1) is 15.6. The van der Waals surface area contributed by atoms with Gasteiger partial charge in [0, 0.05) is 6.54 Å². The van der Waals surface area contributed by atoms with Gasteiger partial charge in [0.05, 0.1) is 6.10 Å². The molecule has 2 aromatic rings. The van der Waals surface area contributed by atoms with Gasteiger partial charge in [0.15, 0.2) is 0 Å². The zero-order valence-electron chi connectivity index (χ0n) is 13.2. The van der Waals surface area contributed by atoms with Gasteiger partial charge in [0.25, 0.3) is 0 Å². The topological polar surface area (TPSA) is 21.3 Å². The van der Waals surface area contributed by atoms with Crippen LogP contribution in [0.1, 0.15) is 32.8 Å². The molecule has 0 unspecified atom stereocenters. The summed E-state index contributed by atoms with van der Waals surface area (Å²) in [6, 6.07) is 16.9. The molecule has 112 valence electrons. The Bertz CT molecular complexity index is 546. The molecule has 2 rings (SSSR count). The van der Waals surface area contributed by atoms with Gasteiger partial charge < -0.3 is 10.1 Å². The fourth-order valence-corrected chi connectivity index (χ4v) is 2.34. The number of benzene rings is 2. The Morgan fingerprint density at radius 1 is 1.00 bits per heavy atom. The first-order chi connectivity index (χ1) is 10.2. The van der Waals surface area contributed by atoms with Crippen LogP contribution in [-0.2, 0) is 6.54 Å². The van der Waals surface area contributed by atoms with Crippen LogP contribution in [0, 0.1) is 0 Å². The van der Waals surface area contributed by atoms with Crippen LogP contribution in [0.5, 0.6) is 5.75 Å². The third kappa shape index (κ3) is 4.61. The molecule has 2 nitrogen and oxygen atoms in total. The monoisotopic (exact) mass is 283 g/mol. The average Bonchev–Trinajstić information content (AvgIpc) is 2.48. The highest BCUT2D eigenvalue weighted by Crippen LogP contribution is 2.26. The summed E-state index contributed by atoms with van der Waals surface area (Å²) in [5.74, 6) is 0.926. The molecule has 0 saturated heterocycles. The van der Waals surface area contributed by atoms with E-state index in [1.165, 1.54) is 16.7 Å². The van der Waals surface area contributed by atoms with Crippen LogP contribution in [-0.4, -0.2) is 12.6 Å². The maximum absolute atomic E-state index is 5.70. The molecule has 0 spiro atoms. The maximum atomic E-state index is 5.70. The number of hydrogen-bond donors (Lipinski definition) is 1. The summed E-state index contributed by atoms with van der Waals surface area (Å²) in [5.41, 5.74) is 3.86. The molecule has 2 heteroatoms. The predicted molar refractivity (Wildman–Crippen MR) is 89.6 cm³/mol. The van der Waals surface area contributed by atoms with Crippen molar-refractivity contribution in [1.29, 1.82) is 0 Å². The van der Waals surface area contributed by atoms with Gasteiger partial charge in [0.1, 0.15) is 5.75 Å². The number of nitrogens with one attached hydrogen (secondary N) is 1. The Balaban J connectivity index is 2.17. The molecule has 0 saturated carbocycles. The van der Waals surface area contributed by atoms with Crippen LogP contribution in [0.4, 0.5) is 0 Å². The average molecular weight is 283 g/mol. The lowest BCUT2D eigenvalue weighted by molar-refractivity contribution is 0.242. The van der Waals surface area contributed by atoms with Crippen molar-refractivity contribution in [3.63, 3.8) is 0 Å². The lowest BCUT2D eigenvalue weighted by Gasteiger charge is -2.13. The summed E-state index contributed by atoms with van der Waals surface area (Å²) >= 11 is 0. The minimum absolute atomic E-state index is 0.210. The molecule has 2 aromatic carbocycles. The molecule has 0 bridgehead atoms. The van der Waals surface area contributed by atoms with Gasteiger partial charge in [-0.05, 0) is 55.6 Å². The molecular weight excluding hydrogens is 258 g/mol. The van der Waals surface area contributed by atoms with E-state index in [4.69, 9.17) is 4.74 Å². The van der Waals surface area contributed by atoms with Gasteiger partial charge in [-0.1, -0.05) is 43.3 Å². The highest BCUT2D eigenvalue weighted by Gasteiger charge is 2.05. The normalized spacial score (nSPS) is 10.9. The summed E-state index contributed by atoms with van der Waals surface area (Å²) < 4.78 is 5.70. The van der Waals surface area contributed by atoms with Crippen LogP contribution >= 0.6 is 0 Å². The quantitative estimate of drug-likeness (QED) is 0.747. The second kappa shape index (κ2) is 7.84. The lowest BCUT2D eigenvalue weighted by atomic mass is 9.99. The van der Waals surface area contributed by atoms with Gasteiger partial charge in [-0.3, -0.25) is 0 Å². The van der Waals surface area contributed by atoms with Crippen LogP contribution in [0.25, 0.3) is 11.1 Å². The molecule has 0 aromatic heterocycles. The van der Waals surface area contributed by atoms with Gasteiger partial charge in [-0.2, -0.15) is 0 Å². The summed E-state index contributed by atoms with van der Waals surface area (Å²) in [6.07, 6.45) is 1.37. The molecular formula is C19H25NO. The molecule has 0 aliphatic rings. The van der Waals surface area contributed by atoms with Gasteiger partial charge in [-0.15, -0.1) is 0 Å². The van der Waals surface area contributed by atoms with E-state index in [0.717, 1.165) is 25.3 Å². The Hall–Kier alpha value is -1.80. The van der Waals surface area contributed by atoms with E-state index in [0.29, 0.717) is 0 Å². The standard InChI is InChI=1S/C19H25NO/c1-4-13-20-14-17-7-5-6-8-19(17)16-9-11-18(12-10-16)21-15(2)3/h5-12,15,20H,4,13-14H2,1-3H3. The Morgan fingerprint density at radius 3 is 2.38 bits per heavy atom. The van der Waals surface area contributed by atoms with Crippen molar-refractivity contribution >= 4 is 0 Å². The fourth-order valence-electron chi connectivity index (χ4n) is 2.34. The zero-order valence-corrected chi connectivity index (χ0v) is 13.2. The summed E-state index contributed by atoms with van der Waals surface area (Å²) in [6.45, 7) is 8.24. The predicted octanol–water partition coefficient (Wildman–Crippen LogP) is 4.64. The molecule has 1 N–H and O–H groups in total. The summed E-state index contributed by atoms with van der Waals surface area (Å²) in [4.78, 5) is 0. The van der Waals surface area contributed by atoms with Crippen molar-refractivity contribution in [2.24, 2.45) is 0 Å². The van der Waals surface area contributed by atoms with E-state index < -0.39 is 0 Å². The Morgan fingerprint density at radius 2 is 1.71 bits per heavy atom. The number of rotatable bonds is 7. The molecule has 0 aliphatic heterocycles. The zero-order chi connectivity index (χ0) is 15.1. The second-order valence-electron chi connectivity index (χ2n) is 5.52. The third-order valence-corrected chi connectivity index (χ3v) is 3.30. The SMILES string of the molecule is CCCNCc1ccccc1-c1ccc(OC(C)C)cc1. The first-order valence-electron chi connectivity index (χ1n) is 7.76. The van der Waals surface area contributed by atoms with Crippen molar-refractivity contribution in [1.82, 2.24) is 5.32 Å². The summed E-state index contributed by atoms with van der Waals surface area (Å²) in [7, 11) is 0. The maximum Gasteiger partial charge on any atom is 0.119 e. The Kier molecular flexibility index (Phi) is 5.82. The Labute approximate surface area is 128 Å². The van der Waals surface area contributed by atoms with Gasteiger partial charge >= 0.3 is 0 Å². The largest absolute Gasteiger partial charge is 0.491 e. The number of hydrogen-bond acceptors (Lipinski definition) is 2. The fraction of sp³-hybridized carbons (Fsp3) is 0.368. The van der Waals surface area contributed by atoms with Crippen molar-refractivity contribution in [2.45, 2.75) is 39.8 Å². The van der Waals surface area contributed by atoms with Crippen LogP contribution in [0.15, 0.2) is 48.5 Å². The van der Waals surface area contributed by atoms with E-state index >= 15 is 0 Å². The highest BCUT2D eigenvalue weighted by molar-refractivity contribution is 5.67. The smallest absolute Gasteiger partial charge is 0.119 e. The van der Waals surface area contributed by atoms with Crippen molar-refractivity contribution in [3.05, 3.63) is 54.1 Å².